The molecule has 0 aliphatic carbocycles. The lowest BCUT2D eigenvalue weighted by Crippen LogP contribution is -2.44. The standard InChI is InChI=1S/C27H33N9O2/c1-4-36-18(2)22(15-30-36)24-31-23-25(32-24)28-17-29-26(23)38-21-9-10-35(16-21)27(37)19-5-7-20(8-6-19)34-13-11-33(3)12-14-34/h5-8,15,17,21H,4,9-14,16H2,1-3H3,(H,28,29,31,32)/t21-/m0/s1. The third kappa shape index (κ3) is 4.58. The molecule has 3 aromatic heterocycles. The fourth-order valence-electron chi connectivity index (χ4n) is 5.25. The van der Waals surface area contributed by atoms with E-state index in [4.69, 9.17) is 4.74 Å². The van der Waals surface area contributed by atoms with Crippen LogP contribution in [0.2, 0.25) is 0 Å². The van der Waals surface area contributed by atoms with Gasteiger partial charge in [0.2, 0.25) is 5.88 Å². The van der Waals surface area contributed by atoms with Crippen molar-refractivity contribution in [3.8, 4) is 17.3 Å². The van der Waals surface area contributed by atoms with Crippen molar-refractivity contribution >= 4 is 22.8 Å². The van der Waals surface area contributed by atoms with Gasteiger partial charge in [0.15, 0.2) is 5.65 Å². The number of piperazine rings is 1. The number of likely N-dealkylation sites (tertiary alicyclic amines) is 1. The van der Waals surface area contributed by atoms with Gasteiger partial charge in [-0.3, -0.25) is 9.48 Å². The number of benzene rings is 1. The number of likely N-dealkylation sites (N-methyl/N-ethyl adjacent to an activating group) is 1. The zero-order chi connectivity index (χ0) is 26.2. The van der Waals surface area contributed by atoms with Crippen LogP contribution in [0.4, 0.5) is 5.69 Å². The lowest BCUT2D eigenvalue weighted by molar-refractivity contribution is 0.0771. The number of fused-ring (bicyclic) bond motifs is 1. The quantitative estimate of drug-likeness (QED) is 0.418. The van der Waals surface area contributed by atoms with Gasteiger partial charge in [-0.15, -0.1) is 0 Å². The van der Waals surface area contributed by atoms with Crippen LogP contribution in [-0.2, 0) is 6.54 Å². The van der Waals surface area contributed by atoms with E-state index in [0.29, 0.717) is 41.5 Å². The zero-order valence-electron chi connectivity index (χ0n) is 22.1. The van der Waals surface area contributed by atoms with Crippen molar-refractivity contribution in [1.29, 1.82) is 0 Å². The number of anilines is 1. The molecule has 2 saturated heterocycles. The number of carbonyl (C=O) groups excluding carboxylic acids is 1. The van der Waals surface area contributed by atoms with Crippen LogP contribution in [0.25, 0.3) is 22.6 Å². The number of amides is 1. The fourth-order valence-corrected chi connectivity index (χ4v) is 5.25. The Morgan fingerprint density at radius 3 is 2.63 bits per heavy atom. The van der Waals surface area contributed by atoms with E-state index in [1.54, 1.807) is 0 Å². The summed E-state index contributed by atoms with van der Waals surface area (Å²) in [5.41, 5.74) is 5.02. The molecule has 11 nitrogen and oxygen atoms in total. The average molecular weight is 516 g/mol. The summed E-state index contributed by atoms with van der Waals surface area (Å²) in [5, 5.41) is 4.42. The predicted molar refractivity (Wildman–Crippen MR) is 144 cm³/mol. The smallest absolute Gasteiger partial charge is 0.253 e. The van der Waals surface area contributed by atoms with Crippen LogP contribution in [-0.4, -0.2) is 97.8 Å². The highest BCUT2D eigenvalue weighted by Crippen LogP contribution is 2.28. The third-order valence-corrected chi connectivity index (χ3v) is 7.60. The van der Waals surface area contributed by atoms with E-state index in [1.165, 1.54) is 12.0 Å². The van der Waals surface area contributed by atoms with Crippen molar-refractivity contribution in [2.75, 3.05) is 51.2 Å². The summed E-state index contributed by atoms with van der Waals surface area (Å²) in [5.74, 6) is 1.16. The van der Waals surface area contributed by atoms with E-state index in [9.17, 15) is 4.79 Å². The van der Waals surface area contributed by atoms with E-state index < -0.39 is 0 Å². The molecule has 6 rings (SSSR count). The monoisotopic (exact) mass is 515 g/mol. The molecule has 5 heterocycles. The first-order chi connectivity index (χ1) is 18.5. The van der Waals surface area contributed by atoms with Crippen molar-refractivity contribution in [3.05, 3.63) is 48.0 Å². The van der Waals surface area contributed by atoms with Crippen LogP contribution in [0.5, 0.6) is 5.88 Å². The molecule has 0 spiro atoms. The first-order valence-electron chi connectivity index (χ1n) is 13.2. The number of imidazole rings is 1. The molecular formula is C27H33N9O2. The Bertz CT molecular complexity index is 1440. The highest BCUT2D eigenvalue weighted by atomic mass is 16.5. The van der Waals surface area contributed by atoms with Gasteiger partial charge in [-0.2, -0.15) is 10.1 Å². The highest BCUT2D eigenvalue weighted by molar-refractivity contribution is 5.94. The molecular weight excluding hydrogens is 482 g/mol. The average Bonchev–Trinajstić information content (AvgIpc) is 3.67. The minimum absolute atomic E-state index is 0.0288. The van der Waals surface area contributed by atoms with Gasteiger partial charge in [0.1, 0.15) is 23.8 Å². The molecule has 1 N–H and O–H groups in total. The van der Waals surface area contributed by atoms with Gasteiger partial charge in [0.25, 0.3) is 5.91 Å². The summed E-state index contributed by atoms with van der Waals surface area (Å²) in [6.45, 7) is 10.1. The summed E-state index contributed by atoms with van der Waals surface area (Å²) < 4.78 is 8.20. The largest absolute Gasteiger partial charge is 0.471 e. The first kappa shape index (κ1) is 24.4. The number of rotatable bonds is 6. The molecule has 2 aliphatic heterocycles. The zero-order valence-corrected chi connectivity index (χ0v) is 22.1. The molecule has 0 saturated carbocycles. The topological polar surface area (TPSA) is 108 Å². The summed E-state index contributed by atoms with van der Waals surface area (Å²) in [7, 11) is 2.15. The van der Waals surface area contributed by atoms with E-state index in [1.807, 2.05) is 34.8 Å². The van der Waals surface area contributed by atoms with Crippen LogP contribution >= 0.6 is 0 Å². The minimum Gasteiger partial charge on any atom is -0.471 e. The van der Waals surface area contributed by atoms with E-state index in [2.05, 4.69) is 60.9 Å². The SMILES string of the molecule is CCn1ncc(-c2nc3ncnc(O[C@H]4CCN(C(=O)c5ccc(N6CCN(C)CC6)cc5)C4)c3[nH]2)c1C. The van der Waals surface area contributed by atoms with Gasteiger partial charge in [-0.25, -0.2) is 9.97 Å². The Kier molecular flexibility index (Phi) is 6.44. The van der Waals surface area contributed by atoms with Crippen LogP contribution < -0.4 is 9.64 Å². The number of aromatic nitrogens is 6. The molecule has 0 bridgehead atoms. The minimum atomic E-state index is -0.155. The molecule has 1 atom stereocenters. The van der Waals surface area contributed by atoms with Gasteiger partial charge < -0.3 is 24.4 Å². The van der Waals surface area contributed by atoms with Crippen molar-refractivity contribution in [2.45, 2.75) is 32.9 Å². The van der Waals surface area contributed by atoms with Gasteiger partial charge in [-0.1, -0.05) is 0 Å². The van der Waals surface area contributed by atoms with Crippen molar-refractivity contribution in [2.24, 2.45) is 0 Å². The molecule has 2 fully saturated rings. The third-order valence-electron chi connectivity index (χ3n) is 7.60. The normalized spacial score (nSPS) is 18.4. The molecule has 38 heavy (non-hydrogen) atoms. The number of carbonyl (C=O) groups is 1. The Balaban J connectivity index is 1.12. The van der Waals surface area contributed by atoms with Crippen molar-refractivity contribution < 1.29 is 9.53 Å². The molecule has 0 radical (unpaired) electrons. The van der Waals surface area contributed by atoms with Crippen LogP contribution in [0.1, 0.15) is 29.4 Å². The number of ether oxygens (including phenoxy) is 1. The molecule has 11 heteroatoms. The molecule has 0 unspecified atom stereocenters. The molecule has 198 valence electrons. The maximum atomic E-state index is 13.2. The Morgan fingerprint density at radius 1 is 1.11 bits per heavy atom. The predicted octanol–water partition coefficient (Wildman–Crippen LogP) is 2.59. The van der Waals surface area contributed by atoms with Crippen LogP contribution in [0.3, 0.4) is 0 Å². The van der Waals surface area contributed by atoms with E-state index >= 15 is 0 Å². The second kappa shape index (κ2) is 10.1. The van der Waals surface area contributed by atoms with E-state index in [-0.39, 0.29) is 12.0 Å². The highest BCUT2D eigenvalue weighted by Gasteiger charge is 2.29. The van der Waals surface area contributed by atoms with Crippen LogP contribution in [0.15, 0.2) is 36.8 Å². The Morgan fingerprint density at radius 2 is 1.89 bits per heavy atom. The Labute approximate surface area is 221 Å². The van der Waals surface area contributed by atoms with Crippen molar-refractivity contribution in [3.63, 3.8) is 0 Å². The molecule has 4 aromatic rings. The number of nitrogens with zero attached hydrogens (tertiary/aromatic N) is 8. The van der Waals surface area contributed by atoms with Gasteiger partial charge in [0, 0.05) is 62.6 Å². The van der Waals surface area contributed by atoms with Crippen molar-refractivity contribution in [1.82, 2.24) is 39.5 Å². The first-order valence-corrected chi connectivity index (χ1v) is 13.2. The second-order valence-corrected chi connectivity index (χ2v) is 10.0. The Hall–Kier alpha value is -3.99. The summed E-state index contributed by atoms with van der Waals surface area (Å²) in [6.07, 6.45) is 3.85. The molecule has 1 amide bonds. The summed E-state index contributed by atoms with van der Waals surface area (Å²) >= 11 is 0. The maximum absolute atomic E-state index is 13.2. The summed E-state index contributed by atoms with van der Waals surface area (Å²) in [4.78, 5) is 36.4. The lowest BCUT2D eigenvalue weighted by Gasteiger charge is -2.34. The van der Waals surface area contributed by atoms with Gasteiger partial charge >= 0.3 is 0 Å². The number of H-pyrrole nitrogens is 1. The lowest BCUT2D eigenvalue weighted by atomic mass is 10.1. The van der Waals surface area contributed by atoms with Gasteiger partial charge in [0.05, 0.1) is 18.3 Å². The number of hydrogen-bond donors (Lipinski definition) is 1. The number of nitrogens with one attached hydrogen (secondary N) is 1. The number of aryl methyl sites for hydroxylation is 1. The molecule has 1 aromatic carbocycles. The summed E-state index contributed by atoms with van der Waals surface area (Å²) in [6, 6.07) is 7.99. The van der Waals surface area contributed by atoms with Gasteiger partial charge in [-0.05, 0) is 45.2 Å². The fraction of sp³-hybridized carbons (Fsp3) is 0.444. The maximum Gasteiger partial charge on any atom is 0.253 e. The molecule has 2 aliphatic rings. The second-order valence-electron chi connectivity index (χ2n) is 10.0. The number of aromatic amines is 1. The van der Waals surface area contributed by atoms with E-state index in [0.717, 1.165) is 50.4 Å². The number of hydrogen-bond acceptors (Lipinski definition) is 8. The van der Waals surface area contributed by atoms with Crippen LogP contribution in [0, 0.1) is 6.92 Å².